The fraction of sp³-hybridized carbons (Fsp3) is 0.286. The quantitative estimate of drug-likeness (QED) is 0.811. The van der Waals surface area contributed by atoms with Gasteiger partial charge in [-0.3, -0.25) is 0 Å². The molecule has 2 rings (SSSR count). The van der Waals surface area contributed by atoms with E-state index in [1.54, 1.807) is 31.2 Å². The van der Waals surface area contributed by atoms with Crippen LogP contribution >= 0.6 is 0 Å². The first kappa shape index (κ1) is 15.6. The summed E-state index contributed by atoms with van der Waals surface area (Å²) in [6, 6.07) is 9.16. The van der Waals surface area contributed by atoms with Crippen LogP contribution in [0.1, 0.15) is 18.7 Å². The molecule has 0 radical (unpaired) electrons. The van der Waals surface area contributed by atoms with E-state index in [-0.39, 0.29) is 4.90 Å². The van der Waals surface area contributed by atoms with Gasteiger partial charge in [-0.25, -0.2) is 13.1 Å². The van der Waals surface area contributed by atoms with Gasteiger partial charge in [-0.1, -0.05) is 0 Å². The zero-order chi connectivity index (χ0) is 15.3. The van der Waals surface area contributed by atoms with Crippen LogP contribution in [0.25, 0.3) is 0 Å². The van der Waals surface area contributed by atoms with Crippen molar-refractivity contribution in [3.8, 4) is 5.75 Å². The largest absolute Gasteiger partial charge is 0.492 e. The number of furan rings is 1. The summed E-state index contributed by atoms with van der Waals surface area (Å²) >= 11 is 0. The number of rotatable bonds is 7. The Morgan fingerprint density at radius 3 is 2.57 bits per heavy atom. The smallest absolute Gasteiger partial charge is 0.241 e. The first-order valence-electron chi connectivity index (χ1n) is 6.51. The van der Waals surface area contributed by atoms with Crippen molar-refractivity contribution in [1.29, 1.82) is 0 Å². The molecular weight excluding hydrogens is 292 g/mol. The molecular formula is C14H18N2O4S. The second-order valence-electron chi connectivity index (χ2n) is 4.47. The van der Waals surface area contributed by atoms with Gasteiger partial charge in [-0.15, -0.1) is 0 Å². The normalized spacial score (nSPS) is 13.0. The number of nitrogens with two attached hydrogens (primary N) is 1. The maximum Gasteiger partial charge on any atom is 0.241 e. The van der Waals surface area contributed by atoms with E-state index in [0.29, 0.717) is 24.7 Å². The average molecular weight is 310 g/mol. The highest BCUT2D eigenvalue weighted by Crippen LogP contribution is 2.19. The molecule has 0 saturated carbocycles. The SMILES string of the molecule is CC(NS(=O)(=O)c1ccc(OCCN)cc1)c1ccco1. The molecule has 2 aromatic rings. The van der Waals surface area contributed by atoms with Gasteiger partial charge in [0.1, 0.15) is 18.1 Å². The lowest BCUT2D eigenvalue weighted by molar-refractivity contribution is 0.328. The third-order valence-corrected chi connectivity index (χ3v) is 4.38. The van der Waals surface area contributed by atoms with E-state index in [9.17, 15) is 8.42 Å². The number of benzene rings is 1. The van der Waals surface area contributed by atoms with Crippen LogP contribution in [0.4, 0.5) is 0 Å². The van der Waals surface area contributed by atoms with Gasteiger partial charge in [-0.2, -0.15) is 0 Å². The van der Waals surface area contributed by atoms with Crippen LogP contribution in [-0.2, 0) is 10.0 Å². The summed E-state index contributed by atoms with van der Waals surface area (Å²) in [4.78, 5) is 0.168. The number of nitrogens with one attached hydrogen (secondary N) is 1. The Balaban J connectivity index is 2.08. The van der Waals surface area contributed by atoms with Crippen LogP contribution < -0.4 is 15.2 Å². The van der Waals surface area contributed by atoms with Crippen molar-refractivity contribution in [2.45, 2.75) is 17.9 Å². The van der Waals surface area contributed by atoms with Crippen molar-refractivity contribution in [3.05, 3.63) is 48.4 Å². The summed E-state index contributed by atoms with van der Waals surface area (Å²) in [6.07, 6.45) is 1.50. The molecule has 1 heterocycles. The Labute approximate surface area is 124 Å². The van der Waals surface area contributed by atoms with Crippen molar-refractivity contribution < 1.29 is 17.6 Å². The summed E-state index contributed by atoms with van der Waals surface area (Å²) in [5, 5.41) is 0. The Kier molecular flexibility index (Phi) is 5.00. The van der Waals surface area contributed by atoms with Gasteiger partial charge >= 0.3 is 0 Å². The van der Waals surface area contributed by atoms with Crippen LogP contribution in [0.3, 0.4) is 0 Å². The minimum atomic E-state index is -3.61. The standard InChI is InChI=1S/C14H18N2O4S/c1-11(14-3-2-9-20-14)16-21(17,18)13-6-4-12(5-7-13)19-10-8-15/h2-7,9,11,16H,8,10,15H2,1H3. The topological polar surface area (TPSA) is 94.6 Å². The van der Waals surface area contributed by atoms with E-state index < -0.39 is 16.1 Å². The lowest BCUT2D eigenvalue weighted by Crippen LogP contribution is -2.26. The second kappa shape index (κ2) is 6.75. The van der Waals surface area contributed by atoms with Gasteiger partial charge in [0.25, 0.3) is 0 Å². The summed E-state index contributed by atoms with van der Waals surface area (Å²) in [5.74, 6) is 1.14. The van der Waals surface area contributed by atoms with E-state index in [1.807, 2.05) is 0 Å². The number of sulfonamides is 1. The van der Waals surface area contributed by atoms with Gasteiger partial charge in [0.15, 0.2) is 0 Å². The fourth-order valence-electron chi connectivity index (χ4n) is 1.79. The van der Waals surface area contributed by atoms with Gasteiger partial charge in [-0.05, 0) is 43.3 Å². The maximum atomic E-state index is 12.2. The Morgan fingerprint density at radius 1 is 1.29 bits per heavy atom. The number of hydrogen-bond donors (Lipinski definition) is 2. The molecule has 0 saturated heterocycles. The van der Waals surface area contributed by atoms with Gasteiger partial charge < -0.3 is 14.9 Å². The molecule has 0 spiro atoms. The molecule has 1 atom stereocenters. The van der Waals surface area contributed by atoms with E-state index in [1.165, 1.54) is 18.4 Å². The van der Waals surface area contributed by atoms with Crippen LogP contribution in [0.5, 0.6) is 5.75 Å². The molecule has 0 fully saturated rings. The number of ether oxygens (including phenoxy) is 1. The van der Waals surface area contributed by atoms with Crippen molar-refractivity contribution >= 4 is 10.0 Å². The molecule has 0 bridgehead atoms. The average Bonchev–Trinajstić information content (AvgIpc) is 2.99. The zero-order valence-electron chi connectivity index (χ0n) is 11.7. The molecule has 1 aromatic heterocycles. The maximum absolute atomic E-state index is 12.2. The Bertz CT molecular complexity index is 651. The van der Waals surface area contributed by atoms with Gasteiger partial charge in [0.2, 0.25) is 10.0 Å². The summed E-state index contributed by atoms with van der Waals surface area (Å²) in [5.41, 5.74) is 5.34. The van der Waals surface area contributed by atoms with Crippen molar-refractivity contribution in [2.24, 2.45) is 5.73 Å². The lowest BCUT2D eigenvalue weighted by atomic mass is 10.3. The molecule has 0 amide bonds. The zero-order valence-corrected chi connectivity index (χ0v) is 12.5. The van der Waals surface area contributed by atoms with E-state index in [0.717, 1.165) is 0 Å². The lowest BCUT2D eigenvalue weighted by Gasteiger charge is -2.12. The Morgan fingerprint density at radius 2 is 2.00 bits per heavy atom. The van der Waals surface area contributed by atoms with E-state index in [2.05, 4.69) is 4.72 Å². The monoisotopic (exact) mass is 310 g/mol. The molecule has 0 aliphatic rings. The van der Waals surface area contributed by atoms with E-state index in [4.69, 9.17) is 14.9 Å². The molecule has 114 valence electrons. The van der Waals surface area contributed by atoms with Crippen LogP contribution in [0.2, 0.25) is 0 Å². The first-order valence-corrected chi connectivity index (χ1v) is 8.00. The molecule has 1 aromatic carbocycles. The molecule has 3 N–H and O–H groups in total. The molecule has 1 unspecified atom stereocenters. The van der Waals surface area contributed by atoms with Crippen molar-refractivity contribution in [3.63, 3.8) is 0 Å². The minimum absolute atomic E-state index is 0.168. The molecule has 6 nitrogen and oxygen atoms in total. The Hall–Kier alpha value is -1.83. The third kappa shape index (κ3) is 4.07. The minimum Gasteiger partial charge on any atom is -0.492 e. The highest BCUT2D eigenvalue weighted by molar-refractivity contribution is 7.89. The van der Waals surface area contributed by atoms with E-state index >= 15 is 0 Å². The third-order valence-electron chi connectivity index (χ3n) is 2.82. The van der Waals surface area contributed by atoms with Crippen LogP contribution in [0, 0.1) is 0 Å². The van der Waals surface area contributed by atoms with Crippen molar-refractivity contribution in [2.75, 3.05) is 13.2 Å². The van der Waals surface area contributed by atoms with Gasteiger partial charge in [0, 0.05) is 6.54 Å². The van der Waals surface area contributed by atoms with Gasteiger partial charge in [0.05, 0.1) is 17.2 Å². The highest BCUT2D eigenvalue weighted by atomic mass is 32.2. The summed E-state index contributed by atoms with van der Waals surface area (Å²) < 4.78 is 37.5. The summed E-state index contributed by atoms with van der Waals surface area (Å²) in [7, 11) is -3.61. The number of hydrogen-bond acceptors (Lipinski definition) is 5. The predicted molar refractivity (Wildman–Crippen MR) is 78.4 cm³/mol. The predicted octanol–water partition coefficient (Wildman–Crippen LogP) is 1.66. The molecule has 21 heavy (non-hydrogen) atoms. The van der Waals surface area contributed by atoms with Crippen LogP contribution in [-0.4, -0.2) is 21.6 Å². The molecule has 7 heteroatoms. The fourth-order valence-corrected chi connectivity index (χ4v) is 3.00. The molecule has 0 aliphatic heterocycles. The first-order chi connectivity index (χ1) is 10.0. The summed E-state index contributed by atoms with van der Waals surface area (Å²) in [6.45, 7) is 2.51. The molecule has 0 aliphatic carbocycles. The van der Waals surface area contributed by atoms with Crippen molar-refractivity contribution in [1.82, 2.24) is 4.72 Å². The second-order valence-corrected chi connectivity index (χ2v) is 6.18. The van der Waals surface area contributed by atoms with Crippen LogP contribution in [0.15, 0.2) is 52.0 Å². The highest BCUT2D eigenvalue weighted by Gasteiger charge is 2.19.